The number of rotatable bonds is 3. The monoisotopic (exact) mass is 272 g/mol. The molecule has 1 aliphatic heterocycles. The Morgan fingerprint density at radius 3 is 2.00 bits per heavy atom. The molecule has 2 N–H and O–H groups in total. The Kier molecular flexibility index (Phi) is 3.36. The normalized spacial score (nSPS) is 14.1. The van der Waals surface area contributed by atoms with Crippen molar-refractivity contribution in [3.8, 4) is 0 Å². The van der Waals surface area contributed by atoms with Crippen LogP contribution in [0.1, 0.15) is 6.42 Å². The van der Waals surface area contributed by atoms with E-state index in [9.17, 15) is 4.21 Å². The Morgan fingerprint density at radius 2 is 1.47 bits per heavy atom. The van der Waals surface area contributed by atoms with Crippen LogP contribution in [-0.4, -0.2) is 17.3 Å². The molecule has 0 saturated carbocycles. The standard InChI is InChI=1S/C15H16N2OS/c16-10-5-11-17-12-6-1-3-8-14(12)19(18)15-9-4-2-7-13(15)17/h1-4,6-9H,5,10-11,16H2. The van der Waals surface area contributed by atoms with Gasteiger partial charge < -0.3 is 10.6 Å². The number of nitrogens with zero attached hydrogens (tertiary/aromatic N) is 1. The maximum Gasteiger partial charge on any atom is 0.0892 e. The van der Waals surface area contributed by atoms with Gasteiger partial charge in [0.2, 0.25) is 0 Å². The maximum atomic E-state index is 12.6. The lowest BCUT2D eigenvalue weighted by Crippen LogP contribution is -2.26. The third-order valence-electron chi connectivity index (χ3n) is 3.30. The molecule has 98 valence electrons. The minimum absolute atomic E-state index is 0.657. The molecule has 0 radical (unpaired) electrons. The molecule has 3 nitrogen and oxygen atoms in total. The summed E-state index contributed by atoms with van der Waals surface area (Å²) in [4.78, 5) is 4.00. The second-order valence-electron chi connectivity index (χ2n) is 4.50. The van der Waals surface area contributed by atoms with Gasteiger partial charge in [0.05, 0.1) is 32.0 Å². The number of fused-ring (bicyclic) bond motifs is 2. The highest BCUT2D eigenvalue weighted by molar-refractivity contribution is 7.85. The van der Waals surface area contributed by atoms with Crippen LogP contribution in [0.15, 0.2) is 58.3 Å². The van der Waals surface area contributed by atoms with Crippen molar-refractivity contribution in [2.24, 2.45) is 5.73 Å². The Morgan fingerprint density at radius 1 is 0.947 bits per heavy atom. The zero-order chi connectivity index (χ0) is 13.2. The molecule has 19 heavy (non-hydrogen) atoms. The number of nitrogens with two attached hydrogens (primary N) is 1. The summed E-state index contributed by atoms with van der Waals surface area (Å²) in [5.74, 6) is 0. The number of benzene rings is 2. The third kappa shape index (κ3) is 2.07. The van der Waals surface area contributed by atoms with E-state index in [0.717, 1.165) is 34.1 Å². The van der Waals surface area contributed by atoms with E-state index in [2.05, 4.69) is 4.90 Å². The molecule has 0 saturated heterocycles. The zero-order valence-corrected chi connectivity index (χ0v) is 11.4. The Hall–Kier alpha value is -1.65. The van der Waals surface area contributed by atoms with Crippen LogP contribution in [0, 0.1) is 0 Å². The summed E-state index contributed by atoms with van der Waals surface area (Å²) in [5.41, 5.74) is 7.70. The van der Waals surface area contributed by atoms with Crippen molar-refractivity contribution in [1.82, 2.24) is 0 Å². The fourth-order valence-corrected chi connectivity index (χ4v) is 3.79. The van der Waals surface area contributed by atoms with Gasteiger partial charge in [-0.2, -0.15) is 0 Å². The topological polar surface area (TPSA) is 46.3 Å². The molecule has 2 aromatic rings. The SMILES string of the molecule is NCCCN1c2ccccc2S(=O)c2ccccc21. The highest BCUT2D eigenvalue weighted by atomic mass is 32.2. The van der Waals surface area contributed by atoms with Crippen LogP contribution < -0.4 is 10.6 Å². The lowest BCUT2D eigenvalue weighted by Gasteiger charge is -2.32. The predicted molar refractivity (Wildman–Crippen MR) is 78.2 cm³/mol. The van der Waals surface area contributed by atoms with E-state index < -0.39 is 10.8 Å². The van der Waals surface area contributed by atoms with Crippen LogP contribution in [0.4, 0.5) is 11.4 Å². The van der Waals surface area contributed by atoms with Gasteiger partial charge in [0, 0.05) is 6.54 Å². The second-order valence-corrected chi connectivity index (χ2v) is 5.92. The molecule has 3 rings (SSSR count). The third-order valence-corrected chi connectivity index (χ3v) is 4.79. The van der Waals surface area contributed by atoms with E-state index in [-0.39, 0.29) is 0 Å². The number of hydrogen-bond acceptors (Lipinski definition) is 3. The smallest absolute Gasteiger partial charge is 0.0892 e. The highest BCUT2D eigenvalue weighted by Crippen LogP contribution is 2.41. The summed E-state index contributed by atoms with van der Waals surface area (Å²) in [6, 6.07) is 15.8. The fourth-order valence-electron chi connectivity index (χ4n) is 2.41. The average molecular weight is 272 g/mol. The molecule has 0 bridgehead atoms. The first-order valence-corrected chi connectivity index (χ1v) is 7.55. The second kappa shape index (κ2) is 5.15. The van der Waals surface area contributed by atoms with Gasteiger partial charge >= 0.3 is 0 Å². The van der Waals surface area contributed by atoms with Crippen molar-refractivity contribution in [2.75, 3.05) is 18.0 Å². The molecule has 2 aromatic carbocycles. The maximum absolute atomic E-state index is 12.6. The Balaban J connectivity index is 2.15. The van der Waals surface area contributed by atoms with Crippen LogP contribution >= 0.6 is 0 Å². The van der Waals surface area contributed by atoms with Crippen LogP contribution in [0.2, 0.25) is 0 Å². The quantitative estimate of drug-likeness (QED) is 0.934. The van der Waals surface area contributed by atoms with Crippen LogP contribution in [0.25, 0.3) is 0 Å². The molecular formula is C15H16N2OS. The molecule has 0 amide bonds. The molecule has 0 fully saturated rings. The van der Waals surface area contributed by atoms with E-state index in [4.69, 9.17) is 5.73 Å². The predicted octanol–water partition coefficient (Wildman–Crippen LogP) is 2.65. The molecule has 0 spiro atoms. The largest absolute Gasteiger partial charge is 0.339 e. The van der Waals surface area contributed by atoms with Gasteiger partial charge in [-0.1, -0.05) is 24.3 Å². The summed E-state index contributed by atoms with van der Waals surface area (Å²) in [6.45, 7) is 1.51. The van der Waals surface area contributed by atoms with Crippen molar-refractivity contribution in [3.63, 3.8) is 0 Å². The molecular weight excluding hydrogens is 256 g/mol. The summed E-state index contributed by atoms with van der Waals surface area (Å²) < 4.78 is 12.6. The van der Waals surface area contributed by atoms with Gasteiger partial charge in [-0.15, -0.1) is 0 Å². The zero-order valence-electron chi connectivity index (χ0n) is 10.6. The van der Waals surface area contributed by atoms with Gasteiger partial charge in [0.25, 0.3) is 0 Å². The van der Waals surface area contributed by atoms with Gasteiger partial charge in [-0.05, 0) is 37.2 Å². The lowest BCUT2D eigenvalue weighted by atomic mass is 10.2. The van der Waals surface area contributed by atoms with Crippen molar-refractivity contribution in [1.29, 1.82) is 0 Å². The van der Waals surface area contributed by atoms with E-state index in [1.807, 2.05) is 48.5 Å². The van der Waals surface area contributed by atoms with Crippen molar-refractivity contribution in [3.05, 3.63) is 48.5 Å². The molecule has 0 unspecified atom stereocenters. The van der Waals surface area contributed by atoms with Crippen molar-refractivity contribution in [2.45, 2.75) is 16.2 Å². The summed E-state index contributed by atoms with van der Waals surface area (Å²) >= 11 is 0. The van der Waals surface area contributed by atoms with Crippen molar-refractivity contribution >= 4 is 22.2 Å². The minimum atomic E-state index is -1.09. The summed E-state index contributed by atoms with van der Waals surface area (Å²) in [5, 5.41) is 0. The molecule has 0 aromatic heterocycles. The van der Waals surface area contributed by atoms with E-state index in [1.54, 1.807) is 0 Å². The minimum Gasteiger partial charge on any atom is -0.339 e. The molecule has 1 heterocycles. The van der Waals surface area contributed by atoms with Gasteiger partial charge in [0.15, 0.2) is 0 Å². The molecule has 0 atom stereocenters. The van der Waals surface area contributed by atoms with Crippen LogP contribution in [0.5, 0.6) is 0 Å². The Bertz CT molecular complexity index is 578. The van der Waals surface area contributed by atoms with Crippen molar-refractivity contribution < 1.29 is 4.21 Å². The number of hydrogen-bond donors (Lipinski definition) is 1. The van der Waals surface area contributed by atoms with Gasteiger partial charge in [-0.3, -0.25) is 0 Å². The first-order chi connectivity index (χ1) is 9.33. The Labute approximate surface area is 115 Å². The highest BCUT2D eigenvalue weighted by Gasteiger charge is 2.26. The van der Waals surface area contributed by atoms with E-state index in [1.165, 1.54) is 0 Å². The van der Waals surface area contributed by atoms with Crippen LogP contribution in [-0.2, 0) is 10.8 Å². The molecule has 1 aliphatic rings. The molecule has 4 heteroatoms. The van der Waals surface area contributed by atoms with Gasteiger partial charge in [0.1, 0.15) is 0 Å². The van der Waals surface area contributed by atoms with Gasteiger partial charge in [-0.25, -0.2) is 4.21 Å². The number of anilines is 2. The fraction of sp³-hybridized carbons (Fsp3) is 0.200. The molecule has 0 aliphatic carbocycles. The lowest BCUT2D eigenvalue weighted by molar-refractivity contribution is 0.680. The average Bonchev–Trinajstić information content (AvgIpc) is 2.47. The first-order valence-electron chi connectivity index (χ1n) is 6.40. The summed E-state index contributed by atoms with van der Waals surface area (Å²) in [7, 11) is -1.09. The number of para-hydroxylation sites is 2. The first kappa shape index (κ1) is 12.4. The van der Waals surface area contributed by atoms with E-state index >= 15 is 0 Å². The van der Waals surface area contributed by atoms with Crippen LogP contribution in [0.3, 0.4) is 0 Å². The van der Waals surface area contributed by atoms with E-state index in [0.29, 0.717) is 6.54 Å². The summed E-state index contributed by atoms with van der Waals surface area (Å²) in [6.07, 6.45) is 0.912.